The summed E-state index contributed by atoms with van der Waals surface area (Å²) in [4.78, 5) is 11.5. The molecule has 3 nitrogen and oxygen atoms in total. The van der Waals surface area contributed by atoms with Crippen LogP contribution in [0.1, 0.15) is 64.7 Å². The number of carboxylic acid groups (broad SMARTS) is 1. The largest absolute Gasteiger partial charge is 0.480 e. The molecular formula is C13H25NO2. The maximum Gasteiger partial charge on any atom is 0.323 e. The van der Waals surface area contributed by atoms with Gasteiger partial charge in [0.05, 0.1) is 0 Å². The summed E-state index contributed by atoms with van der Waals surface area (Å²) in [6, 6.07) is 0. The SMILES string of the molecule is CCCCNC1(C(=O)O)CCCCCCC1. The highest BCUT2D eigenvalue weighted by atomic mass is 16.4. The lowest BCUT2D eigenvalue weighted by Gasteiger charge is -2.32. The molecular weight excluding hydrogens is 202 g/mol. The standard InChI is InChI=1S/C13H25NO2/c1-2-3-11-14-13(12(15)16)9-7-5-4-6-8-10-13/h14H,2-11H2,1H3,(H,15,16). The highest BCUT2D eigenvalue weighted by molar-refractivity contribution is 5.78. The van der Waals surface area contributed by atoms with Gasteiger partial charge in [0, 0.05) is 0 Å². The fraction of sp³-hybridized carbons (Fsp3) is 0.923. The van der Waals surface area contributed by atoms with Gasteiger partial charge in [0.15, 0.2) is 0 Å². The first-order valence-corrected chi connectivity index (χ1v) is 6.70. The zero-order valence-electron chi connectivity index (χ0n) is 10.4. The van der Waals surface area contributed by atoms with E-state index in [9.17, 15) is 9.90 Å². The molecule has 0 spiro atoms. The van der Waals surface area contributed by atoms with Crippen molar-refractivity contribution < 1.29 is 9.90 Å². The van der Waals surface area contributed by atoms with Crippen LogP contribution in [0.3, 0.4) is 0 Å². The Hall–Kier alpha value is -0.570. The number of nitrogens with one attached hydrogen (secondary N) is 1. The maximum absolute atomic E-state index is 11.5. The monoisotopic (exact) mass is 227 g/mol. The summed E-state index contributed by atoms with van der Waals surface area (Å²) in [7, 11) is 0. The van der Waals surface area contributed by atoms with E-state index in [1.165, 1.54) is 19.3 Å². The van der Waals surface area contributed by atoms with Crippen molar-refractivity contribution in [2.24, 2.45) is 0 Å². The molecule has 0 atom stereocenters. The zero-order valence-corrected chi connectivity index (χ0v) is 10.4. The minimum absolute atomic E-state index is 0.629. The highest BCUT2D eigenvalue weighted by Crippen LogP contribution is 2.26. The van der Waals surface area contributed by atoms with E-state index in [1.807, 2.05) is 0 Å². The van der Waals surface area contributed by atoms with Crippen molar-refractivity contribution in [3.8, 4) is 0 Å². The molecule has 0 radical (unpaired) electrons. The molecule has 0 aliphatic heterocycles. The number of carbonyl (C=O) groups is 1. The van der Waals surface area contributed by atoms with E-state index in [-0.39, 0.29) is 0 Å². The molecule has 94 valence electrons. The van der Waals surface area contributed by atoms with Crippen LogP contribution < -0.4 is 5.32 Å². The van der Waals surface area contributed by atoms with Crippen LogP contribution in [0.5, 0.6) is 0 Å². The molecule has 16 heavy (non-hydrogen) atoms. The Balaban J connectivity index is 2.56. The first-order valence-electron chi connectivity index (χ1n) is 6.70. The van der Waals surface area contributed by atoms with Crippen LogP contribution in [0.15, 0.2) is 0 Å². The third-order valence-electron chi connectivity index (χ3n) is 3.61. The fourth-order valence-corrected chi connectivity index (χ4v) is 2.48. The van der Waals surface area contributed by atoms with Crippen LogP contribution >= 0.6 is 0 Å². The molecule has 1 aliphatic rings. The van der Waals surface area contributed by atoms with Crippen LogP contribution in [0.25, 0.3) is 0 Å². The quantitative estimate of drug-likeness (QED) is 0.710. The predicted octanol–water partition coefficient (Wildman–Crippen LogP) is 2.94. The summed E-state index contributed by atoms with van der Waals surface area (Å²) in [6.45, 7) is 2.97. The van der Waals surface area contributed by atoms with Gasteiger partial charge in [0.1, 0.15) is 5.54 Å². The first-order chi connectivity index (χ1) is 7.71. The number of hydrogen-bond acceptors (Lipinski definition) is 2. The molecule has 0 saturated heterocycles. The van der Waals surface area contributed by atoms with Gasteiger partial charge in [-0.3, -0.25) is 4.79 Å². The second-order valence-electron chi connectivity index (χ2n) is 4.94. The summed E-state index contributed by atoms with van der Waals surface area (Å²) < 4.78 is 0. The van der Waals surface area contributed by atoms with E-state index in [1.54, 1.807) is 0 Å². The zero-order chi connectivity index (χ0) is 11.9. The van der Waals surface area contributed by atoms with Gasteiger partial charge >= 0.3 is 5.97 Å². The average Bonchev–Trinajstić information content (AvgIpc) is 2.21. The van der Waals surface area contributed by atoms with Crippen LogP contribution in [0.2, 0.25) is 0 Å². The van der Waals surface area contributed by atoms with E-state index in [2.05, 4.69) is 12.2 Å². The third-order valence-corrected chi connectivity index (χ3v) is 3.61. The summed E-state index contributed by atoms with van der Waals surface area (Å²) in [5, 5.41) is 12.7. The Labute approximate surface area is 98.6 Å². The summed E-state index contributed by atoms with van der Waals surface area (Å²) in [6.07, 6.45) is 9.51. The lowest BCUT2D eigenvalue weighted by molar-refractivity contribution is -0.146. The topological polar surface area (TPSA) is 49.3 Å². The van der Waals surface area contributed by atoms with E-state index in [0.29, 0.717) is 0 Å². The third kappa shape index (κ3) is 3.78. The Morgan fingerprint density at radius 3 is 2.25 bits per heavy atom. The minimum Gasteiger partial charge on any atom is -0.480 e. The van der Waals surface area contributed by atoms with E-state index in [0.717, 1.165) is 45.1 Å². The molecule has 1 rings (SSSR count). The van der Waals surface area contributed by atoms with Gasteiger partial charge in [-0.05, 0) is 25.8 Å². The van der Waals surface area contributed by atoms with Crippen molar-refractivity contribution in [2.45, 2.75) is 70.3 Å². The van der Waals surface area contributed by atoms with Gasteiger partial charge in [-0.2, -0.15) is 0 Å². The number of aliphatic carboxylic acids is 1. The van der Waals surface area contributed by atoms with Crippen molar-refractivity contribution in [3.63, 3.8) is 0 Å². The number of unbranched alkanes of at least 4 members (excludes halogenated alkanes) is 1. The summed E-state index contributed by atoms with van der Waals surface area (Å²) in [5.41, 5.74) is -0.629. The van der Waals surface area contributed by atoms with Gasteiger partial charge in [0.25, 0.3) is 0 Å². The van der Waals surface area contributed by atoms with Crippen molar-refractivity contribution >= 4 is 5.97 Å². The van der Waals surface area contributed by atoms with Crippen molar-refractivity contribution in [1.29, 1.82) is 0 Å². The Kier molecular flexibility index (Phi) is 5.81. The molecule has 0 aromatic rings. The van der Waals surface area contributed by atoms with Crippen molar-refractivity contribution in [3.05, 3.63) is 0 Å². The van der Waals surface area contributed by atoms with Crippen LogP contribution in [-0.4, -0.2) is 23.2 Å². The van der Waals surface area contributed by atoms with E-state index < -0.39 is 11.5 Å². The van der Waals surface area contributed by atoms with Crippen molar-refractivity contribution in [1.82, 2.24) is 5.32 Å². The van der Waals surface area contributed by atoms with E-state index in [4.69, 9.17) is 0 Å². The maximum atomic E-state index is 11.5. The number of rotatable bonds is 5. The van der Waals surface area contributed by atoms with E-state index >= 15 is 0 Å². The Bertz CT molecular complexity index is 208. The Morgan fingerprint density at radius 1 is 1.19 bits per heavy atom. The normalized spacial score (nSPS) is 21.1. The second-order valence-corrected chi connectivity index (χ2v) is 4.94. The van der Waals surface area contributed by atoms with Gasteiger partial charge in [-0.15, -0.1) is 0 Å². The Morgan fingerprint density at radius 2 is 1.75 bits per heavy atom. The lowest BCUT2D eigenvalue weighted by atomic mass is 9.84. The van der Waals surface area contributed by atoms with Crippen LogP contribution in [0, 0.1) is 0 Å². The molecule has 0 aromatic heterocycles. The summed E-state index contributed by atoms with van der Waals surface area (Å²) in [5.74, 6) is -0.648. The first kappa shape index (κ1) is 13.5. The van der Waals surface area contributed by atoms with Gasteiger partial charge in [-0.25, -0.2) is 0 Å². The minimum atomic E-state index is -0.648. The predicted molar refractivity (Wildman–Crippen MR) is 65.6 cm³/mol. The molecule has 3 heteroatoms. The fourth-order valence-electron chi connectivity index (χ4n) is 2.48. The molecule has 1 aliphatic carbocycles. The molecule has 0 bridgehead atoms. The molecule has 0 heterocycles. The smallest absolute Gasteiger partial charge is 0.323 e. The molecule has 0 aromatic carbocycles. The number of hydrogen-bond donors (Lipinski definition) is 2. The van der Waals surface area contributed by atoms with Gasteiger partial charge in [0.2, 0.25) is 0 Å². The summed E-state index contributed by atoms with van der Waals surface area (Å²) >= 11 is 0. The van der Waals surface area contributed by atoms with Gasteiger partial charge < -0.3 is 10.4 Å². The van der Waals surface area contributed by atoms with Crippen LogP contribution in [-0.2, 0) is 4.79 Å². The molecule has 1 fully saturated rings. The number of carboxylic acids is 1. The lowest BCUT2D eigenvalue weighted by Crippen LogP contribution is -2.52. The molecule has 0 amide bonds. The average molecular weight is 227 g/mol. The molecule has 0 unspecified atom stereocenters. The van der Waals surface area contributed by atoms with Gasteiger partial charge in [-0.1, -0.05) is 45.4 Å². The molecule has 1 saturated carbocycles. The highest BCUT2D eigenvalue weighted by Gasteiger charge is 2.37. The second kappa shape index (κ2) is 6.89. The van der Waals surface area contributed by atoms with Crippen molar-refractivity contribution in [2.75, 3.05) is 6.54 Å². The van der Waals surface area contributed by atoms with Crippen LogP contribution in [0.4, 0.5) is 0 Å². The molecule has 2 N–H and O–H groups in total.